The fourth-order valence-corrected chi connectivity index (χ4v) is 3.84. The first kappa shape index (κ1) is 20.3. The van der Waals surface area contributed by atoms with Gasteiger partial charge in [0.2, 0.25) is 5.16 Å². The summed E-state index contributed by atoms with van der Waals surface area (Å²) < 4.78 is 28.4. The van der Waals surface area contributed by atoms with E-state index in [4.69, 9.17) is 13.8 Å². The van der Waals surface area contributed by atoms with Crippen LogP contribution in [0.5, 0.6) is 0 Å². The van der Waals surface area contributed by atoms with Crippen LogP contribution >= 0.6 is 7.60 Å². The third-order valence-electron chi connectivity index (χ3n) is 3.12. The standard InChI is InChI=1S/C14H27O6P/c1-6-10-11-12(15)14(5,13(16)18-7-2)21(17,19-8-3)20-9-4/h6-11H2,1-5H3. The summed E-state index contributed by atoms with van der Waals surface area (Å²) in [6, 6.07) is 0. The van der Waals surface area contributed by atoms with E-state index in [9.17, 15) is 14.2 Å². The first-order valence-corrected chi connectivity index (χ1v) is 8.97. The van der Waals surface area contributed by atoms with Gasteiger partial charge in [0.15, 0.2) is 5.78 Å². The van der Waals surface area contributed by atoms with Crippen LogP contribution in [-0.2, 0) is 27.9 Å². The molecule has 1 atom stereocenters. The molecule has 6 nitrogen and oxygen atoms in total. The molecule has 0 amide bonds. The smallest absolute Gasteiger partial charge is 0.355 e. The molecular formula is C14H27O6P. The maximum atomic E-state index is 13.0. The van der Waals surface area contributed by atoms with E-state index in [2.05, 4.69) is 0 Å². The highest BCUT2D eigenvalue weighted by Gasteiger charge is 2.59. The van der Waals surface area contributed by atoms with E-state index < -0.39 is 24.5 Å². The van der Waals surface area contributed by atoms with Gasteiger partial charge in [0.25, 0.3) is 0 Å². The van der Waals surface area contributed by atoms with E-state index in [1.54, 1.807) is 20.8 Å². The van der Waals surface area contributed by atoms with Gasteiger partial charge in [-0.25, -0.2) is 0 Å². The van der Waals surface area contributed by atoms with Crippen molar-refractivity contribution in [3.63, 3.8) is 0 Å². The highest BCUT2D eigenvalue weighted by Crippen LogP contribution is 2.61. The fraction of sp³-hybridized carbons (Fsp3) is 0.857. The number of esters is 1. The molecule has 0 radical (unpaired) electrons. The van der Waals surface area contributed by atoms with Crippen LogP contribution < -0.4 is 0 Å². The minimum atomic E-state index is -3.95. The lowest BCUT2D eigenvalue weighted by atomic mass is 10.0. The highest BCUT2D eigenvalue weighted by atomic mass is 31.2. The maximum Gasteiger partial charge on any atom is 0.355 e. The summed E-state index contributed by atoms with van der Waals surface area (Å²) in [6.45, 7) is 8.37. The number of hydrogen-bond acceptors (Lipinski definition) is 6. The van der Waals surface area contributed by atoms with Crippen molar-refractivity contribution in [2.45, 2.75) is 59.0 Å². The first-order chi connectivity index (χ1) is 9.83. The average Bonchev–Trinajstić information content (AvgIpc) is 2.44. The van der Waals surface area contributed by atoms with Gasteiger partial charge in [0, 0.05) is 6.42 Å². The Morgan fingerprint density at radius 1 is 1.00 bits per heavy atom. The van der Waals surface area contributed by atoms with Gasteiger partial charge < -0.3 is 13.8 Å². The molecule has 0 aliphatic rings. The topological polar surface area (TPSA) is 78.9 Å². The van der Waals surface area contributed by atoms with Crippen LogP contribution in [0.25, 0.3) is 0 Å². The summed E-state index contributed by atoms with van der Waals surface area (Å²) in [5.41, 5.74) is 0. The molecule has 21 heavy (non-hydrogen) atoms. The molecule has 0 rings (SSSR count). The van der Waals surface area contributed by atoms with E-state index >= 15 is 0 Å². The number of ketones is 1. The first-order valence-electron chi connectivity index (χ1n) is 7.43. The zero-order valence-electron chi connectivity index (χ0n) is 13.6. The maximum absolute atomic E-state index is 13.0. The van der Waals surface area contributed by atoms with Crippen molar-refractivity contribution in [3.8, 4) is 0 Å². The Morgan fingerprint density at radius 2 is 1.52 bits per heavy atom. The Balaban J connectivity index is 5.70. The Bertz CT molecular complexity index is 385. The third-order valence-corrected chi connectivity index (χ3v) is 5.84. The number of rotatable bonds is 11. The molecule has 0 N–H and O–H groups in total. The molecule has 0 aromatic carbocycles. The lowest BCUT2D eigenvalue weighted by molar-refractivity contribution is -0.149. The van der Waals surface area contributed by atoms with Gasteiger partial charge in [-0.3, -0.25) is 14.2 Å². The van der Waals surface area contributed by atoms with Crippen LogP contribution in [0.1, 0.15) is 53.9 Å². The minimum Gasteiger partial charge on any atom is -0.465 e. The molecule has 0 aliphatic carbocycles. The summed E-state index contributed by atoms with van der Waals surface area (Å²) in [6.07, 6.45) is 1.53. The van der Waals surface area contributed by atoms with Crippen LogP contribution in [0.2, 0.25) is 0 Å². The van der Waals surface area contributed by atoms with Crippen LogP contribution in [0.4, 0.5) is 0 Å². The minimum absolute atomic E-state index is 0.0767. The van der Waals surface area contributed by atoms with Crippen molar-refractivity contribution >= 4 is 19.3 Å². The Labute approximate surface area is 127 Å². The molecule has 124 valence electrons. The number of unbranched alkanes of at least 4 members (excludes halogenated alkanes) is 1. The van der Waals surface area contributed by atoms with Crippen molar-refractivity contribution in [3.05, 3.63) is 0 Å². The lowest BCUT2D eigenvalue weighted by Crippen LogP contribution is -2.46. The molecule has 0 saturated carbocycles. The second kappa shape index (κ2) is 9.34. The zero-order chi connectivity index (χ0) is 16.5. The predicted octanol–water partition coefficient (Wildman–Crippen LogP) is 3.33. The molecular weight excluding hydrogens is 295 g/mol. The Morgan fingerprint density at radius 3 is 1.90 bits per heavy atom. The van der Waals surface area contributed by atoms with Gasteiger partial charge in [-0.15, -0.1) is 0 Å². The SMILES string of the molecule is CCCCC(=O)C(C)(C(=O)OCC)P(=O)(OCC)OCC. The molecule has 1 unspecified atom stereocenters. The number of carbonyl (C=O) groups excluding carboxylic acids is 2. The van der Waals surface area contributed by atoms with Gasteiger partial charge >= 0.3 is 13.6 Å². The predicted molar refractivity (Wildman–Crippen MR) is 80.4 cm³/mol. The molecule has 0 aromatic heterocycles. The van der Waals surface area contributed by atoms with E-state index in [0.717, 1.165) is 6.42 Å². The van der Waals surface area contributed by atoms with Crippen molar-refractivity contribution in [2.75, 3.05) is 19.8 Å². The summed E-state index contributed by atoms with van der Waals surface area (Å²) in [5, 5.41) is -1.91. The van der Waals surface area contributed by atoms with Crippen molar-refractivity contribution in [1.82, 2.24) is 0 Å². The highest BCUT2D eigenvalue weighted by molar-refractivity contribution is 7.58. The number of ether oxygens (including phenoxy) is 1. The van der Waals surface area contributed by atoms with Gasteiger partial charge in [-0.1, -0.05) is 13.3 Å². The Kier molecular flexibility index (Phi) is 9.02. The van der Waals surface area contributed by atoms with Crippen LogP contribution in [0.3, 0.4) is 0 Å². The third kappa shape index (κ3) is 4.63. The van der Waals surface area contributed by atoms with Crippen molar-refractivity contribution in [1.29, 1.82) is 0 Å². The summed E-state index contributed by atoms with van der Waals surface area (Å²) in [4.78, 5) is 24.8. The van der Waals surface area contributed by atoms with Crippen molar-refractivity contribution in [2.24, 2.45) is 0 Å². The summed E-state index contributed by atoms with van der Waals surface area (Å²) >= 11 is 0. The van der Waals surface area contributed by atoms with Crippen LogP contribution in [0.15, 0.2) is 0 Å². The van der Waals surface area contributed by atoms with Crippen LogP contribution in [-0.4, -0.2) is 36.7 Å². The van der Waals surface area contributed by atoms with E-state index in [1.165, 1.54) is 6.92 Å². The molecule has 0 spiro atoms. The van der Waals surface area contributed by atoms with E-state index in [0.29, 0.717) is 6.42 Å². The largest absolute Gasteiger partial charge is 0.465 e. The molecule has 0 bridgehead atoms. The van der Waals surface area contributed by atoms with Gasteiger partial charge in [-0.05, 0) is 34.1 Å². The fourth-order valence-electron chi connectivity index (χ4n) is 1.87. The van der Waals surface area contributed by atoms with Crippen molar-refractivity contribution < 1.29 is 27.9 Å². The molecule has 7 heteroatoms. The van der Waals surface area contributed by atoms with E-state index in [1.807, 2.05) is 6.92 Å². The number of Topliss-reactive ketones (excluding diaryl/α,β-unsaturated/α-hetero) is 1. The number of hydrogen-bond donors (Lipinski definition) is 0. The molecule has 0 aromatic rings. The van der Waals surface area contributed by atoms with E-state index in [-0.39, 0.29) is 26.2 Å². The average molecular weight is 322 g/mol. The normalized spacial score (nSPS) is 14.5. The zero-order valence-corrected chi connectivity index (χ0v) is 14.5. The van der Waals surface area contributed by atoms with Gasteiger partial charge in [0.05, 0.1) is 19.8 Å². The number of carbonyl (C=O) groups is 2. The summed E-state index contributed by atoms with van der Waals surface area (Å²) in [7, 11) is -3.95. The molecule has 0 aliphatic heterocycles. The molecule has 0 heterocycles. The summed E-state index contributed by atoms with van der Waals surface area (Å²) in [5.74, 6) is -1.32. The van der Waals surface area contributed by atoms with Gasteiger partial charge in [0.1, 0.15) is 0 Å². The van der Waals surface area contributed by atoms with Crippen LogP contribution in [0, 0.1) is 0 Å². The molecule has 0 fully saturated rings. The Hall–Kier alpha value is -0.710. The molecule has 0 saturated heterocycles. The second-order valence-electron chi connectivity index (χ2n) is 4.65. The monoisotopic (exact) mass is 322 g/mol. The second-order valence-corrected chi connectivity index (χ2v) is 7.06. The quantitative estimate of drug-likeness (QED) is 0.330. The lowest BCUT2D eigenvalue weighted by Gasteiger charge is -2.32. The van der Waals surface area contributed by atoms with Gasteiger partial charge in [-0.2, -0.15) is 0 Å².